The molecule has 0 aliphatic heterocycles. The van der Waals surface area contributed by atoms with Gasteiger partial charge < -0.3 is 10.1 Å². The Morgan fingerprint density at radius 2 is 1.96 bits per heavy atom. The molecule has 0 bridgehead atoms. The van der Waals surface area contributed by atoms with Gasteiger partial charge in [0.25, 0.3) is 5.91 Å². The zero-order valence-corrected chi connectivity index (χ0v) is 16.1. The Morgan fingerprint density at radius 1 is 1.19 bits per heavy atom. The van der Waals surface area contributed by atoms with Crippen molar-refractivity contribution in [3.05, 3.63) is 66.2 Å². The molecule has 3 aromatic rings. The number of ether oxygens (including phenoxy) is 1. The minimum Gasteiger partial charge on any atom is -0.496 e. The quantitative estimate of drug-likeness (QED) is 0.729. The Hall–Kier alpha value is -3.15. The third-order valence-corrected chi connectivity index (χ3v) is 4.32. The van der Waals surface area contributed by atoms with Gasteiger partial charge >= 0.3 is 0 Å². The fraction of sp³-hybridized carbons (Fsp3) is 0.286. The van der Waals surface area contributed by atoms with E-state index < -0.39 is 5.54 Å². The van der Waals surface area contributed by atoms with E-state index in [0.29, 0.717) is 12.0 Å². The molecule has 2 heterocycles. The largest absolute Gasteiger partial charge is 0.496 e. The standard InChI is InChI=1S/C21H24N4O2/c1-21(2,10-15-7-5-6-8-19(15)27-4)24-20(26)17-9-16(11-22-12-17)18-13-23-25(3)14-18/h5-9,11-14H,10H2,1-4H3,(H,24,26). The van der Waals surface area contributed by atoms with Gasteiger partial charge in [-0.05, 0) is 38.0 Å². The van der Waals surface area contributed by atoms with E-state index in [2.05, 4.69) is 15.4 Å². The van der Waals surface area contributed by atoms with Gasteiger partial charge in [-0.2, -0.15) is 5.10 Å². The summed E-state index contributed by atoms with van der Waals surface area (Å²) in [7, 11) is 3.51. The van der Waals surface area contributed by atoms with Crippen LogP contribution >= 0.6 is 0 Å². The van der Waals surface area contributed by atoms with Gasteiger partial charge in [0.15, 0.2) is 0 Å². The number of aromatic nitrogens is 3. The maximum Gasteiger partial charge on any atom is 0.253 e. The number of rotatable bonds is 6. The predicted molar refractivity (Wildman–Crippen MR) is 105 cm³/mol. The third kappa shape index (κ3) is 4.53. The summed E-state index contributed by atoms with van der Waals surface area (Å²) in [5.41, 5.74) is 2.90. The topological polar surface area (TPSA) is 69.0 Å². The minimum absolute atomic E-state index is 0.159. The highest BCUT2D eigenvalue weighted by atomic mass is 16.5. The Labute approximate surface area is 159 Å². The molecule has 6 heteroatoms. The van der Waals surface area contributed by atoms with Crippen LogP contribution in [-0.4, -0.2) is 33.3 Å². The van der Waals surface area contributed by atoms with Crippen molar-refractivity contribution in [3.8, 4) is 16.9 Å². The van der Waals surface area contributed by atoms with Gasteiger partial charge in [0.2, 0.25) is 0 Å². The van der Waals surface area contributed by atoms with E-state index in [1.165, 1.54) is 0 Å². The summed E-state index contributed by atoms with van der Waals surface area (Å²) >= 11 is 0. The molecule has 0 atom stereocenters. The second-order valence-electron chi connectivity index (χ2n) is 7.19. The molecule has 0 spiro atoms. The maximum absolute atomic E-state index is 12.8. The van der Waals surface area contributed by atoms with E-state index in [-0.39, 0.29) is 5.91 Å². The molecule has 1 N–H and O–H groups in total. The summed E-state index contributed by atoms with van der Waals surface area (Å²) in [6, 6.07) is 9.67. The van der Waals surface area contributed by atoms with E-state index in [4.69, 9.17) is 4.74 Å². The highest BCUT2D eigenvalue weighted by molar-refractivity contribution is 5.95. The summed E-state index contributed by atoms with van der Waals surface area (Å²) in [6.45, 7) is 3.99. The van der Waals surface area contributed by atoms with Crippen LogP contribution in [0.1, 0.15) is 29.8 Å². The van der Waals surface area contributed by atoms with Crippen molar-refractivity contribution in [2.75, 3.05) is 7.11 Å². The molecule has 27 heavy (non-hydrogen) atoms. The van der Waals surface area contributed by atoms with Crippen molar-refractivity contribution in [2.24, 2.45) is 7.05 Å². The molecule has 6 nitrogen and oxygen atoms in total. The highest BCUT2D eigenvalue weighted by Crippen LogP contribution is 2.23. The molecule has 3 rings (SSSR count). The zero-order valence-electron chi connectivity index (χ0n) is 16.1. The summed E-state index contributed by atoms with van der Waals surface area (Å²) in [5.74, 6) is 0.660. The highest BCUT2D eigenvalue weighted by Gasteiger charge is 2.23. The van der Waals surface area contributed by atoms with Crippen molar-refractivity contribution < 1.29 is 9.53 Å². The Bertz CT molecular complexity index is 947. The van der Waals surface area contributed by atoms with Crippen LogP contribution < -0.4 is 10.1 Å². The molecule has 0 fully saturated rings. The Kier molecular flexibility index (Phi) is 5.26. The van der Waals surface area contributed by atoms with Gasteiger partial charge in [0, 0.05) is 42.3 Å². The number of carbonyl (C=O) groups is 1. The van der Waals surface area contributed by atoms with Crippen LogP contribution in [0, 0.1) is 0 Å². The molecule has 0 radical (unpaired) electrons. The molecule has 2 aromatic heterocycles. The first kappa shape index (κ1) is 18.6. The van der Waals surface area contributed by atoms with Crippen LogP contribution in [0.25, 0.3) is 11.1 Å². The SMILES string of the molecule is COc1ccccc1CC(C)(C)NC(=O)c1cncc(-c2cnn(C)c2)c1. The summed E-state index contributed by atoms with van der Waals surface area (Å²) in [6.07, 6.45) is 7.61. The van der Waals surface area contributed by atoms with Gasteiger partial charge in [-0.15, -0.1) is 0 Å². The summed E-state index contributed by atoms with van der Waals surface area (Å²) in [4.78, 5) is 17.0. The maximum atomic E-state index is 12.8. The normalized spacial score (nSPS) is 11.3. The van der Waals surface area contributed by atoms with Gasteiger partial charge in [-0.25, -0.2) is 0 Å². The van der Waals surface area contributed by atoms with E-state index >= 15 is 0 Å². The predicted octanol–water partition coefficient (Wildman–Crippen LogP) is 3.24. The number of carbonyl (C=O) groups excluding carboxylic acids is 1. The van der Waals surface area contributed by atoms with E-state index in [0.717, 1.165) is 22.4 Å². The fourth-order valence-electron chi connectivity index (χ4n) is 3.04. The Balaban J connectivity index is 1.76. The van der Waals surface area contributed by atoms with Crippen molar-refractivity contribution in [1.29, 1.82) is 0 Å². The lowest BCUT2D eigenvalue weighted by Crippen LogP contribution is -2.45. The summed E-state index contributed by atoms with van der Waals surface area (Å²) in [5, 5.41) is 7.27. The monoisotopic (exact) mass is 364 g/mol. The van der Waals surface area contributed by atoms with Crippen molar-refractivity contribution >= 4 is 5.91 Å². The lowest BCUT2D eigenvalue weighted by Gasteiger charge is -2.27. The van der Waals surface area contributed by atoms with Crippen molar-refractivity contribution in [1.82, 2.24) is 20.1 Å². The fourth-order valence-corrected chi connectivity index (χ4v) is 3.04. The third-order valence-electron chi connectivity index (χ3n) is 4.32. The number of amides is 1. The van der Waals surface area contributed by atoms with E-state index in [1.54, 1.807) is 30.4 Å². The lowest BCUT2D eigenvalue weighted by molar-refractivity contribution is 0.0912. The van der Waals surface area contributed by atoms with E-state index in [9.17, 15) is 4.79 Å². The molecule has 0 saturated carbocycles. The van der Waals surface area contributed by atoms with Gasteiger partial charge in [-0.3, -0.25) is 14.5 Å². The number of benzene rings is 1. The first-order chi connectivity index (χ1) is 12.9. The molecule has 1 amide bonds. The van der Waals surface area contributed by atoms with Gasteiger partial charge in [0.1, 0.15) is 5.75 Å². The Morgan fingerprint density at radius 3 is 2.67 bits per heavy atom. The van der Waals surface area contributed by atoms with Crippen LogP contribution in [0.4, 0.5) is 0 Å². The number of pyridine rings is 1. The number of nitrogens with one attached hydrogen (secondary N) is 1. The average molecular weight is 364 g/mol. The van der Waals surface area contributed by atoms with Gasteiger partial charge in [-0.1, -0.05) is 18.2 Å². The molecular weight excluding hydrogens is 340 g/mol. The number of aryl methyl sites for hydroxylation is 1. The second kappa shape index (κ2) is 7.61. The smallest absolute Gasteiger partial charge is 0.253 e. The first-order valence-corrected chi connectivity index (χ1v) is 8.76. The molecule has 0 unspecified atom stereocenters. The lowest BCUT2D eigenvalue weighted by atomic mass is 9.94. The molecule has 140 valence electrons. The molecular formula is C21H24N4O2. The van der Waals surface area contributed by atoms with Crippen LogP contribution in [0.3, 0.4) is 0 Å². The average Bonchev–Trinajstić information content (AvgIpc) is 3.08. The number of nitrogens with zero attached hydrogens (tertiary/aromatic N) is 3. The summed E-state index contributed by atoms with van der Waals surface area (Å²) < 4.78 is 7.14. The molecule has 0 aliphatic rings. The van der Waals surface area contributed by atoms with Crippen LogP contribution in [-0.2, 0) is 13.5 Å². The second-order valence-corrected chi connectivity index (χ2v) is 7.19. The van der Waals surface area contributed by atoms with Crippen molar-refractivity contribution in [3.63, 3.8) is 0 Å². The number of para-hydroxylation sites is 1. The first-order valence-electron chi connectivity index (χ1n) is 8.76. The van der Waals surface area contributed by atoms with Crippen LogP contribution in [0.2, 0.25) is 0 Å². The number of methoxy groups -OCH3 is 1. The van der Waals surface area contributed by atoms with Crippen LogP contribution in [0.15, 0.2) is 55.1 Å². The van der Waals surface area contributed by atoms with Gasteiger partial charge in [0.05, 0.1) is 18.9 Å². The van der Waals surface area contributed by atoms with Crippen molar-refractivity contribution in [2.45, 2.75) is 25.8 Å². The zero-order chi connectivity index (χ0) is 19.4. The molecule has 1 aromatic carbocycles. The number of hydrogen-bond donors (Lipinski definition) is 1. The van der Waals surface area contributed by atoms with E-state index in [1.807, 2.05) is 57.4 Å². The molecule has 0 saturated heterocycles. The minimum atomic E-state index is -0.448. The molecule has 0 aliphatic carbocycles. The number of hydrogen-bond acceptors (Lipinski definition) is 4. The van der Waals surface area contributed by atoms with Crippen LogP contribution in [0.5, 0.6) is 5.75 Å².